The molecule has 0 saturated carbocycles. The molecule has 0 bridgehead atoms. The highest BCUT2D eigenvalue weighted by Gasteiger charge is 2.35. The molecule has 0 aliphatic carbocycles. The van der Waals surface area contributed by atoms with Gasteiger partial charge in [-0.1, -0.05) is 11.8 Å². The number of carbonyl (C=O) groups is 1. The van der Waals surface area contributed by atoms with Gasteiger partial charge in [0, 0.05) is 23.0 Å². The standard InChI is InChI=1S/C20H15FN2O2S2/c1-12-3-4-13(2)22(12)23-19(24)18(27-20(23)26)11-16-9-10-17(25-16)14-5-7-15(21)8-6-14/h3-11H,1-2H3/b18-11-. The highest BCUT2D eigenvalue weighted by molar-refractivity contribution is 8.27. The molecule has 1 fully saturated rings. The number of hydrogen-bond donors (Lipinski definition) is 0. The van der Waals surface area contributed by atoms with Crippen molar-refractivity contribution in [3.63, 3.8) is 0 Å². The van der Waals surface area contributed by atoms with E-state index in [1.54, 1.807) is 30.3 Å². The Kier molecular flexibility index (Phi) is 4.49. The number of amides is 1. The fraction of sp³-hybridized carbons (Fsp3) is 0.100. The number of hydrogen-bond acceptors (Lipinski definition) is 4. The molecule has 0 unspecified atom stereocenters. The zero-order chi connectivity index (χ0) is 19.1. The summed E-state index contributed by atoms with van der Waals surface area (Å²) in [5.74, 6) is 0.654. The second-order valence-corrected chi connectivity index (χ2v) is 7.81. The molecule has 0 spiro atoms. The predicted molar refractivity (Wildman–Crippen MR) is 109 cm³/mol. The van der Waals surface area contributed by atoms with Crippen LogP contribution in [0.4, 0.5) is 4.39 Å². The molecule has 136 valence electrons. The van der Waals surface area contributed by atoms with E-state index >= 15 is 0 Å². The van der Waals surface area contributed by atoms with Crippen molar-refractivity contribution in [1.82, 2.24) is 4.68 Å². The second-order valence-electron chi connectivity index (χ2n) is 6.13. The number of thiocarbonyl (C=S) groups is 1. The van der Waals surface area contributed by atoms with Crippen LogP contribution in [0.1, 0.15) is 17.1 Å². The molecule has 7 heteroatoms. The average Bonchev–Trinajstić information content (AvgIpc) is 3.30. The number of aromatic nitrogens is 1. The number of furan rings is 1. The number of rotatable bonds is 3. The second kappa shape index (κ2) is 6.83. The Labute approximate surface area is 165 Å². The van der Waals surface area contributed by atoms with Crippen molar-refractivity contribution in [2.24, 2.45) is 0 Å². The summed E-state index contributed by atoms with van der Waals surface area (Å²) in [6, 6.07) is 13.5. The fourth-order valence-corrected chi connectivity index (χ4v) is 4.16. The first-order chi connectivity index (χ1) is 12.9. The van der Waals surface area contributed by atoms with Crippen LogP contribution < -0.4 is 5.01 Å². The maximum atomic E-state index is 13.1. The third-order valence-corrected chi connectivity index (χ3v) is 5.52. The van der Waals surface area contributed by atoms with Crippen molar-refractivity contribution in [2.75, 3.05) is 5.01 Å². The lowest BCUT2D eigenvalue weighted by Gasteiger charge is -2.20. The summed E-state index contributed by atoms with van der Waals surface area (Å²) in [6.07, 6.45) is 1.68. The molecule has 27 heavy (non-hydrogen) atoms. The van der Waals surface area contributed by atoms with Crippen molar-refractivity contribution in [3.05, 3.63) is 76.4 Å². The summed E-state index contributed by atoms with van der Waals surface area (Å²) in [4.78, 5) is 13.4. The van der Waals surface area contributed by atoms with Crippen molar-refractivity contribution >= 4 is 40.3 Å². The van der Waals surface area contributed by atoms with Gasteiger partial charge in [0.2, 0.25) is 0 Å². The molecule has 3 aromatic rings. The Morgan fingerprint density at radius 3 is 2.37 bits per heavy atom. The minimum absolute atomic E-state index is 0.188. The van der Waals surface area contributed by atoms with Crippen LogP contribution in [-0.2, 0) is 4.79 Å². The lowest BCUT2D eigenvalue weighted by atomic mass is 10.2. The Bertz CT molecular complexity index is 1060. The van der Waals surface area contributed by atoms with Gasteiger partial charge >= 0.3 is 0 Å². The fourth-order valence-electron chi connectivity index (χ4n) is 2.94. The van der Waals surface area contributed by atoms with Gasteiger partial charge in [-0.25, -0.2) is 4.39 Å². The number of carbonyl (C=O) groups excluding carboxylic acids is 1. The highest BCUT2D eigenvalue weighted by atomic mass is 32.2. The van der Waals surface area contributed by atoms with E-state index in [4.69, 9.17) is 16.6 Å². The quantitative estimate of drug-likeness (QED) is 0.458. The Morgan fingerprint density at radius 2 is 1.70 bits per heavy atom. The molecule has 1 aliphatic heterocycles. The SMILES string of the molecule is Cc1ccc(C)n1N1C(=O)/C(=C/c2ccc(-c3ccc(F)cc3)o2)SC1=S. The lowest BCUT2D eigenvalue weighted by Crippen LogP contribution is -2.39. The average molecular weight is 398 g/mol. The van der Waals surface area contributed by atoms with Gasteiger partial charge < -0.3 is 4.42 Å². The lowest BCUT2D eigenvalue weighted by molar-refractivity contribution is -0.114. The van der Waals surface area contributed by atoms with Gasteiger partial charge in [0.15, 0.2) is 4.32 Å². The van der Waals surface area contributed by atoms with Crippen molar-refractivity contribution in [1.29, 1.82) is 0 Å². The molecule has 4 nitrogen and oxygen atoms in total. The first-order valence-electron chi connectivity index (χ1n) is 8.23. The van der Waals surface area contributed by atoms with E-state index in [-0.39, 0.29) is 11.7 Å². The van der Waals surface area contributed by atoms with E-state index in [0.29, 0.717) is 20.7 Å². The van der Waals surface area contributed by atoms with Crippen LogP contribution in [0.3, 0.4) is 0 Å². The van der Waals surface area contributed by atoms with Crippen LogP contribution in [0.25, 0.3) is 17.4 Å². The van der Waals surface area contributed by atoms with Crippen molar-refractivity contribution < 1.29 is 13.6 Å². The summed E-state index contributed by atoms with van der Waals surface area (Å²) in [7, 11) is 0. The van der Waals surface area contributed by atoms with Crippen LogP contribution in [-0.4, -0.2) is 14.9 Å². The van der Waals surface area contributed by atoms with E-state index in [0.717, 1.165) is 17.0 Å². The van der Waals surface area contributed by atoms with E-state index < -0.39 is 0 Å². The first-order valence-corrected chi connectivity index (χ1v) is 9.45. The van der Waals surface area contributed by atoms with Crippen LogP contribution >= 0.6 is 24.0 Å². The summed E-state index contributed by atoms with van der Waals surface area (Å²) >= 11 is 6.65. The molecule has 0 N–H and O–H groups in total. The maximum absolute atomic E-state index is 13.1. The van der Waals surface area contributed by atoms with Gasteiger partial charge in [0.05, 0.1) is 4.91 Å². The van der Waals surface area contributed by atoms with Gasteiger partial charge in [-0.15, -0.1) is 0 Å². The minimum Gasteiger partial charge on any atom is -0.457 e. The van der Waals surface area contributed by atoms with E-state index in [1.807, 2.05) is 30.7 Å². The Hall–Kier alpha value is -2.64. The summed E-state index contributed by atoms with van der Waals surface area (Å²) in [5.41, 5.74) is 2.63. The number of thioether (sulfide) groups is 1. The molecule has 3 heterocycles. The Balaban J connectivity index is 1.63. The van der Waals surface area contributed by atoms with Crippen LogP contribution in [0.2, 0.25) is 0 Å². The van der Waals surface area contributed by atoms with Gasteiger partial charge in [-0.05, 0) is 74.6 Å². The minimum atomic E-state index is -0.301. The molecule has 2 aromatic heterocycles. The van der Waals surface area contributed by atoms with Crippen LogP contribution in [0.15, 0.2) is 57.9 Å². The van der Waals surface area contributed by atoms with Gasteiger partial charge in [0.25, 0.3) is 5.91 Å². The zero-order valence-corrected chi connectivity index (χ0v) is 16.2. The van der Waals surface area contributed by atoms with E-state index in [1.165, 1.54) is 28.9 Å². The van der Waals surface area contributed by atoms with Crippen LogP contribution in [0.5, 0.6) is 0 Å². The van der Waals surface area contributed by atoms with Gasteiger partial charge in [-0.3, -0.25) is 9.47 Å². The topological polar surface area (TPSA) is 38.4 Å². The molecule has 1 amide bonds. The normalized spacial score (nSPS) is 16.0. The summed E-state index contributed by atoms with van der Waals surface area (Å²) in [5, 5.41) is 1.50. The molecule has 0 radical (unpaired) electrons. The predicted octanol–water partition coefficient (Wildman–Crippen LogP) is 5.04. The summed E-state index contributed by atoms with van der Waals surface area (Å²) < 4.78 is 21.1. The smallest absolute Gasteiger partial charge is 0.285 e. The summed E-state index contributed by atoms with van der Waals surface area (Å²) in [6.45, 7) is 3.85. The number of nitrogens with zero attached hydrogens (tertiary/aromatic N) is 2. The number of benzene rings is 1. The number of halogens is 1. The van der Waals surface area contributed by atoms with Crippen molar-refractivity contribution in [2.45, 2.75) is 13.8 Å². The van der Waals surface area contributed by atoms with Gasteiger partial charge in [-0.2, -0.15) is 5.01 Å². The molecule has 1 aromatic carbocycles. The molecule has 1 aliphatic rings. The zero-order valence-electron chi connectivity index (χ0n) is 14.6. The highest BCUT2D eigenvalue weighted by Crippen LogP contribution is 2.33. The first kappa shape index (κ1) is 17.8. The molecular formula is C20H15FN2O2S2. The van der Waals surface area contributed by atoms with Crippen molar-refractivity contribution in [3.8, 4) is 11.3 Å². The monoisotopic (exact) mass is 398 g/mol. The van der Waals surface area contributed by atoms with Gasteiger partial charge in [0.1, 0.15) is 17.3 Å². The third kappa shape index (κ3) is 3.24. The maximum Gasteiger partial charge on any atom is 0.285 e. The molecule has 0 atom stereocenters. The molecule has 1 saturated heterocycles. The van der Waals surface area contributed by atoms with E-state index in [2.05, 4.69) is 0 Å². The molecular weight excluding hydrogens is 383 g/mol. The van der Waals surface area contributed by atoms with Crippen LogP contribution in [0, 0.1) is 19.7 Å². The molecule has 4 rings (SSSR count). The Morgan fingerprint density at radius 1 is 1.04 bits per heavy atom. The number of aryl methyl sites for hydroxylation is 2. The van der Waals surface area contributed by atoms with E-state index in [9.17, 15) is 9.18 Å². The third-order valence-electron chi connectivity index (χ3n) is 4.24. The largest absolute Gasteiger partial charge is 0.457 e.